The number of rotatable bonds is 11. The Kier molecular flexibility index (Phi) is 9.06. The van der Waals surface area contributed by atoms with E-state index in [2.05, 4.69) is 10.0 Å². The van der Waals surface area contributed by atoms with E-state index < -0.39 is 40.3 Å². The molecule has 1 aromatic carbocycles. The number of carboxylic acid groups (broad SMARTS) is 1. The van der Waals surface area contributed by atoms with Gasteiger partial charge >= 0.3 is 5.97 Å². The average Bonchev–Trinajstić information content (AvgIpc) is 3.69. The van der Waals surface area contributed by atoms with Crippen LogP contribution in [0.3, 0.4) is 0 Å². The fourth-order valence-corrected chi connectivity index (χ4v) is 5.39. The molecule has 1 heterocycles. The fourth-order valence-electron chi connectivity index (χ4n) is 4.20. The third-order valence-corrected chi connectivity index (χ3v) is 7.73. The number of likely N-dealkylation sites (tertiary alicyclic amines) is 1. The van der Waals surface area contributed by atoms with E-state index in [9.17, 15) is 22.8 Å². The van der Waals surface area contributed by atoms with E-state index in [1.807, 2.05) is 6.07 Å². The van der Waals surface area contributed by atoms with Crippen LogP contribution in [0.2, 0.25) is 0 Å². The molecule has 1 aliphatic carbocycles. The molecule has 0 unspecified atom stereocenters. The Morgan fingerprint density at radius 2 is 1.92 bits per heavy atom. The van der Waals surface area contributed by atoms with Crippen molar-refractivity contribution in [3.8, 4) is 6.07 Å². The quantitative estimate of drug-likeness (QED) is 0.184. The third-order valence-electron chi connectivity index (χ3n) is 6.24. The summed E-state index contributed by atoms with van der Waals surface area (Å²) in [5, 5.41) is 28.5. The Morgan fingerprint density at radius 1 is 1.24 bits per heavy atom. The molecule has 200 valence electrons. The molecular formula is C23H31N7O6S. The van der Waals surface area contributed by atoms with Gasteiger partial charge in [0.05, 0.1) is 29.4 Å². The molecule has 1 saturated heterocycles. The lowest BCUT2D eigenvalue weighted by atomic mass is 10.1. The summed E-state index contributed by atoms with van der Waals surface area (Å²) in [5.74, 6) is -2.45. The highest BCUT2D eigenvalue weighted by molar-refractivity contribution is 7.89. The van der Waals surface area contributed by atoms with Gasteiger partial charge in [0.15, 0.2) is 5.96 Å². The van der Waals surface area contributed by atoms with Gasteiger partial charge in [-0.25, -0.2) is 8.42 Å². The van der Waals surface area contributed by atoms with E-state index in [4.69, 9.17) is 21.5 Å². The zero-order valence-corrected chi connectivity index (χ0v) is 21.0. The Hall–Kier alpha value is -3.70. The molecule has 1 aliphatic heterocycles. The van der Waals surface area contributed by atoms with Crippen LogP contribution in [0.4, 0.5) is 0 Å². The minimum Gasteiger partial charge on any atom is -0.481 e. The largest absolute Gasteiger partial charge is 0.481 e. The lowest BCUT2D eigenvalue weighted by Gasteiger charge is -2.33. The van der Waals surface area contributed by atoms with Gasteiger partial charge < -0.3 is 26.0 Å². The predicted molar refractivity (Wildman–Crippen MR) is 132 cm³/mol. The lowest BCUT2D eigenvalue weighted by molar-refractivity contribution is -0.140. The number of aliphatic carboxylic acids is 1. The topological polar surface area (TPSA) is 210 Å². The minimum atomic E-state index is -4.25. The normalized spacial score (nSPS) is 18.4. The first-order chi connectivity index (χ1) is 17.5. The van der Waals surface area contributed by atoms with Gasteiger partial charge in [-0.3, -0.25) is 19.8 Å². The minimum absolute atomic E-state index is 0.105. The van der Waals surface area contributed by atoms with Crippen LogP contribution < -0.4 is 15.8 Å². The number of sulfonamides is 1. The molecule has 2 atom stereocenters. The summed E-state index contributed by atoms with van der Waals surface area (Å²) in [6, 6.07) is 4.99. The molecule has 2 fully saturated rings. The van der Waals surface area contributed by atoms with Gasteiger partial charge in [0.2, 0.25) is 21.8 Å². The van der Waals surface area contributed by atoms with E-state index in [-0.39, 0.29) is 41.5 Å². The summed E-state index contributed by atoms with van der Waals surface area (Å²) < 4.78 is 28.5. The molecule has 14 heteroatoms. The Morgan fingerprint density at radius 3 is 2.49 bits per heavy atom. The summed E-state index contributed by atoms with van der Waals surface area (Å²) >= 11 is 0. The first-order valence-corrected chi connectivity index (χ1v) is 13.4. The molecule has 0 radical (unpaired) electrons. The second kappa shape index (κ2) is 12.0. The van der Waals surface area contributed by atoms with Crippen molar-refractivity contribution in [2.75, 3.05) is 19.6 Å². The molecule has 1 aromatic rings. The van der Waals surface area contributed by atoms with E-state index in [0.717, 1.165) is 0 Å². The van der Waals surface area contributed by atoms with E-state index in [0.29, 0.717) is 38.8 Å². The van der Waals surface area contributed by atoms with Crippen LogP contribution >= 0.6 is 0 Å². The summed E-state index contributed by atoms with van der Waals surface area (Å²) in [7, 11) is -4.25. The van der Waals surface area contributed by atoms with Crippen LogP contribution in [-0.4, -0.2) is 84.8 Å². The number of carbonyl (C=O) groups is 3. The Bertz CT molecular complexity index is 1180. The molecule has 0 aromatic heterocycles. The standard InChI is InChI=1S/C23H31N7O6S/c24-13-15-3-7-18(8-4-15)37(35,36)28-19(22(34)30(17-5-6-17)11-9-21(32)33)12-20(31)27-16-2-1-10-29(14-16)23(25)26/h3-4,7-8,16-17,19,28H,1-2,5-6,9-12,14H2,(H3,25,26)(H,27,31)(H,32,33)/t16-,19-/m0/s1. The summed E-state index contributed by atoms with van der Waals surface area (Å²) in [6.07, 6.45) is 1.85. The number of nitrogens with zero attached hydrogens (tertiary/aromatic N) is 3. The second-order valence-corrected chi connectivity index (χ2v) is 10.9. The van der Waals surface area contributed by atoms with Crippen LogP contribution in [0, 0.1) is 16.7 Å². The molecular weight excluding hydrogens is 502 g/mol. The number of carboxylic acids is 1. The summed E-state index contributed by atoms with van der Waals surface area (Å²) in [5.41, 5.74) is 5.81. The van der Waals surface area contributed by atoms with Crippen molar-refractivity contribution >= 4 is 33.8 Å². The molecule has 0 spiro atoms. The highest BCUT2D eigenvalue weighted by atomic mass is 32.2. The Labute approximate surface area is 215 Å². The zero-order chi connectivity index (χ0) is 27.2. The first kappa shape index (κ1) is 27.9. The number of carbonyl (C=O) groups excluding carboxylic acids is 2. The van der Waals surface area contributed by atoms with Crippen molar-refractivity contribution in [3.63, 3.8) is 0 Å². The lowest BCUT2D eigenvalue weighted by Crippen LogP contribution is -2.54. The van der Waals surface area contributed by atoms with Gasteiger partial charge in [0.25, 0.3) is 0 Å². The second-order valence-electron chi connectivity index (χ2n) is 9.16. The third kappa shape index (κ3) is 7.89. The van der Waals surface area contributed by atoms with Gasteiger partial charge in [0, 0.05) is 31.7 Å². The van der Waals surface area contributed by atoms with Crippen molar-refractivity contribution in [1.82, 2.24) is 19.8 Å². The van der Waals surface area contributed by atoms with Crippen molar-refractivity contribution in [1.29, 1.82) is 10.7 Å². The highest BCUT2D eigenvalue weighted by Crippen LogP contribution is 2.28. The molecule has 13 nitrogen and oxygen atoms in total. The van der Waals surface area contributed by atoms with E-state index in [1.54, 1.807) is 4.90 Å². The van der Waals surface area contributed by atoms with Crippen molar-refractivity contribution < 1.29 is 27.9 Å². The SMILES string of the molecule is N#Cc1ccc(S(=O)(=O)N[C@@H](CC(=O)N[C@H]2CCCN(C(=N)N)C2)C(=O)N(CCC(=O)O)C2CC2)cc1. The summed E-state index contributed by atoms with van der Waals surface area (Å²) in [6.45, 7) is 0.808. The number of nitrogens with one attached hydrogen (secondary N) is 3. The van der Waals surface area contributed by atoms with E-state index >= 15 is 0 Å². The molecule has 2 aliphatic rings. The number of benzene rings is 1. The number of hydrogen-bond donors (Lipinski definition) is 5. The first-order valence-electron chi connectivity index (χ1n) is 11.9. The van der Waals surface area contributed by atoms with Gasteiger partial charge in [-0.15, -0.1) is 0 Å². The molecule has 6 N–H and O–H groups in total. The van der Waals surface area contributed by atoms with Gasteiger partial charge in [0.1, 0.15) is 6.04 Å². The molecule has 1 saturated carbocycles. The maximum absolute atomic E-state index is 13.4. The van der Waals surface area contributed by atoms with Crippen molar-refractivity contribution in [3.05, 3.63) is 29.8 Å². The Balaban J connectivity index is 1.79. The van der Waals surface area contributed by atoms with Crippen molar-refractivity contribution in [2.24, 2.45) is 5.73 Å². The molecule has 0 bridgehead atoms. The fraction of sp³-hybridized carbons (Fsp3) is 0.522. The monoisotopic (exact) mass is 533 g/mol. The number of guanidine groups is 1. The van der Waals surface area contributed by atoms with Gasteiger partial charge in [-0.1, -0.05) is 0 Å². The zero-order valence-electron chi connectivity index (χ0n) is 20.2. The molecule has 37 heavy (non-hydrogen) atoms. The number of nitriles is 1. The van der Waals surface area contributed by atoms with Crippen LogP contribution in [-0.2, 0) is 24.4 Å². The number of piperidine rings is 1. The highest BCUT2D eigenvalue weighted by Gasteiger charge is 2.38. The average molecular weight is 534 g/mol. The van der Waals surface area contributed by atoms with Crippen LogP contribution in [0.1, 0.15) is 44.1 Å². The number of amides is 2. The predicted octanol–water partition coefficient (Wildman–Crippen LogP) is -0.465. The van der Waals surface area contributed by atoms with Gasteiger partial charge in [-0.05, 0) is 49.9 Å². The van der Waals surface area contributed by atoms with Crippen LogP contribution in [0.5, 0.6) is 0 Å². The molecule has 2 amide bonds. The molecule has 3 rings (SSSR count). The maximum Gasteiger partial charge on any atom is 0.305 e. The van der Waals surface area contributed by atoms with Crippen LogP contribution in [0.15, 0.2) is 29.2 Å². The maximum atomic E-state index is 13.4. The smallest absolute Gasteiger partial charge is 0.305 e. The van der Waals surface area contributed by atoms with Gasteiger partial charge in [-0.2, -0.15) is 9.98 Å². The number of nitrogens with two attached hydrogens (primary N) is 1. The van der Waals surface area contributed by atoms with Crippen molar-refractivity contribution in [2.45, 2.75) is 61.5 Å². The van der Waals surface area contributed by atoms with E-state index in [1.165, 1.54) is 29.2 Å². The summed E-state index contributed by atoms with van der Waals surface area (Å²) in [4.78, 5) is 40.3. The number of hydrogen-bond acceptors (Lipinski definition) is 7. The van der Waals surface area contributed by atoms with Crippen LogP contribution in [0.25, 0.3) is 0 Å².